The van der Waals surface area contributed by atoms with Gasteiger partial charge >= 0.3 is 11.9 Å². The average molecular weight is 222 g/mol. The molecule has 0 rings (SSSR count). The third-order valence-electron chi connectivity index (χ3n) is 2.29. The Labute approximate surface area is 82.5 Å². The van der Waals surface area contributed by atoms with Crippen LogP contribution in [0.5, 0.6) is 0 Å². The van der Waals surface area contributed by atoms with Crippen molar-refractivity contribution < 1.29 is 24.4 Å². The molecule has 0 aliphatic heterocycles. The Balaban J connectivity index is 4.89. The van der Waals surface area contributed by atoms with Crippen LogP contribution < -0.4 is 0 Å². The van der Waals surface area contributed by atoms with E-state index in [-0.39, 0.29) is 12.3 Å². The van der Waals surface area contributed by atoms with Crippen molar-refractivity contribution in [3.8, 4) is 0 Å². The van der Waals surface area contributed by atoms with Crippen molar-refractivity contribution >= 4 is 19.1 Å². The lowest BCUT2D eigenvalue weighted by Gasteiger charge is -2.20. The quantitative estimate of drug-likeness (QED) is 0.661. The highest BCUT2D eigenvalue weighted by molar-refractivity contribution is 7.65. The molecule has 82 valence electrons. The van der Waals surface area contributed by atoms with E-state index in [1.54, 1.807) is 13.8 Å². The van der Waals surface area contributed by atoms with Crippen LogP contribution in [0.15, 0.2) is 0 Å². The Hall–Kier alpha value is -0.830. The number of hydrogen-bond acceptors (Lipinski definition) is 3. The SMILES string of the molecule is CCP(=O)(CC)C(CC(=O)O)C(=O)O. The first kappa shape index (κ1) is 13.2. The third-order valence-corrected chi connectivity index (χ3v) is 5.97. The fraction of sp³-hybridized carbons (Fsp3) is 0.750. The van der Waals surface area contributed by atoms with Gasteiger partial charge in [-0.05, 0) is 12.3 Å². The second-order valence-corrected chi connectivity index (χ2v) is 6.83. The van der Waals surface area contributed by atoms with Gasteiger partial charge in [-0.25, -0.2) is 0 Å². The van der Waals surface area contributed by atoms with Crippen molar-refractivity contribution in [2.75, 3.05) is 12.3 Å². The monoisotopic (exact) mass is 222 g/mol. The first-order chi connectivity index (χ1) is 6.37. The van der Waals surface area contributed by atoms with Crippen LogP contribution in [0.4, 0.5) is 0 Å². The maximum Gasteiger partial charge on any atom is 0.314 e. The van der Waals surface area contributed by atoms with Crippen LogP contribution in [0.25, 0.3) is 0 Å². The van der Waals surface area contributed by atoms with Crippen LogP contribution in [0.2, 0.25) is 0 Å². The van der Waals surface area contributed by atoms with Crippen LogP contribution in [0, 0.1) is 0 Å². The van der Waals surface area contributed by atoms with Gasteiger partial charge in [-0.15, -0.1) is 0 Å². The number of carbonyl (C=O) groups is 2. The second kappa shape index (κ2) is 5.15. The number of carboxylic acids is 2. The highest BCUT2D eigenvalue weighted by Gasteiger charge is 2.37. The molecule has 0 spiro atoms. The molecule has 0 saturated carbocycles. The Morgan fingerprint density at radius 3 is 1.86 bits per heavy atom. The summed E-state index contributed by atoms with van der Waals surface area (Å²) >= 11 is 0. The van der Waals surface area contributed by atoms with Gasteiger partial charge in [-0.1, -0.05) is 13.8 Å². The molecule has 0 aromatic carbocycles. The number of rotatable bonds is 6. The fourth-order valence-corrected chi connectivity index (χ4v) is 3.50. The Bertz CT molecular complexity index is 265. The number of carboxylic acid groups (broad SMARTS) is 2. The van der Waals surface area contributed by atoms with Crippen molar-refractivity contribution in [2.24, 2.45) is 0 Å². The first-order valence-electron chi connectivity index (χ1n) is 4.39. The van der Waals surface area contributed by atoms with E-state index in [0.717, 1.165) is 0 Å². The molecular formula is C8H15O5P. The van der Waals surface area contributed by atoms with E-state index in [2.05, 4.69) is 0 Å². The molecule has 0 heterocycles. The van der Waals surface area contributed by atoms with Gasteiger partial charge in [-0.3, -0.25) is 9.59 Å². The molecule has 1 atom stereocenters. The summed E-state index contributed by atoms with van der Waals surface area (Å²) in [6.45, 7) is 3.25. The van der Waals surface area contributed by atoms with E-state index >= 15 is 0 Å². The largest absolute Gasteiger partial charge is 0.481 e. The maximum absolute atomic E-state index is 12.0. The van der Waals surface area contributed by atoms with Crippen LogP contribution >= 0.6 is 7.14 Å². The molecule has 0 aromatic rings. The minimum atomic E-state index is -2.88. The Kier molecular flexibility index (Phi) is 4.85. The van der Waals surface area contributed by atoms with E-state index in [9.17, 15) is 14.2 Å². The molecule has 0 aromatic heterocycles. The summed E-state index contributed by atoms with van der Waals surface area (Å²) in [4.78, 5) is 21.2. The number of hydrogen-bond donors (Lipinski definition) is 2. The van der Waals surface area contributed by atoms with Crippen LogP contribution in [-0.2, 0) is 14.2 Å². The molecule has 0 radical (unpaired) electrons. The smallest absolute Gasteiger partial charge is 0.314 e. The highest BCUT2D eigenvalue weighted by atomic mass is 31.2. The molecule has 0 fully saturated rings. The van der Waals surface area contributed by atoms with Gasteiger partial charge in [0, 0.05) is 0 Å². The molecule has 0 bridgehead atoms. The Morgan fingerprint density at radius 2 is 1.64 bits per heavy atom. The van der Waals surface area contributed by atoms with Crippen LogP contribution in [0.1, 0.15) is 20.3 Å². The fourth-order valence-electron chi connectivity index (χ4n) is 1.28. The standard InChI is InChI=1S/C8H15O5P/c1-3-14(13,4-2)6(8(11)12)5-7(9)10/h6H,3-5H2,1-2H3,(H,9,10)(H,11,12). The summed E-state index contributed by atoms with van der Waals surface area (Å²) in [7, 11) is -2.88. The predicted octanol–water partition coefficient (Wildman–Crippen LogP) is 1.32. The van der Waals surface area contributed by atoms with Gasteiger partial charge in [0.05, 0.1) is 6.42 Å². The summed E-state index contributed by atoms with van der Waals surface area (Å²) in [6.07, 6.45) is -0.101. The highest BCUT2D eigenvalue weighted by Crippen LogP contribution is 2.51. The summed E-state index contributed by atoms with van der Waals surface area (Å²) in [5.74, 6) is -2.50. The third kappa shape index (κ3) is 3.14. The molecule has 0 amide bonds. The molecule has 5 nitrogen and oxygen atoms in total. The lowest BCUT2D eigenvalue weighted by Crippen LogP contribution is -2.25. The average Bonchev–Trinajstić information content (AvgIpc) is 2.12. The number of aliphatic carboxylic acids is 2. The molecule has 2 N–H and O–H groups in total. The maximum atomic E-state index is 12.0. The predicted molar refractivity (Wildman–Crippen MR) is 52.4 cm³/mol. The van der Waals surface area contributed by atoms with Gasteiger partial charge < -0.3 is 14.8 Å². The summed E-state index contributed by atoms with van der Waals surface area (Å²) in [5.41, 5.74) is -1.24. The van der Waals surface area contributed by atoms with Gasteiger partial charge in [-0.2, -0.15) is 0 Å². The van der Waals surface area contributed by atoms with Crippen molar-refractivity contribution in [3.63, 3.8) is 0 Å². The zero-order valence-electron chi connectivity index (χ0n) is 8.27. The van der Waals surface area contributed by atoms with E-state index in [0.29, 0.717) is 0 Å². The molecule has 1 unspecified atom stereocenters. The van der Waals surface area contributed by atoms with Gasteiger partial charge in [0.15, 0.2) is 0 Å². The van der Waals surface area contributed by atoms with Gasteiger partial charge in [0.25, 0.3) is 0 Å². The zero-order valence-corrected chi connectivity index (χ0v) is 9.16. The molecule has 6 heteroatoms. The first-order valence-corrected chi connectivity index (χ1v) is 6.54. The minimum Gasteiger partial charge on any atom is -0.481 e. The van der Waals surface area contributed by atoms with Crippen molar-refractivity contribution in [1.82, 2.24) is 0 Å². The van der Waals surface area contributed by atoms with Crippen LogP contribution in [0.3, 0.4) is 0 Å². The lowest BCUT2D eigenvalue weighted by molar-refractivity contribution is -0.143. The minimum absolute atomic E-state index is 0.230. The molecule has 0 saturated heterocycles. The molecule has 14 heavy (non-hydrogen) atoms. The van der Waals surface area contributed by atoms with E-state index < -0.39 is 31.2 Å². The molecule has 0 aliphatic rings. The van der Waals surface area contributed by atoms with E-state index in [1.165, 1.54) is 0 Å². The topological polar surface area (TPSA) is 91.7 Å². The van der Waals surface area contributed by atoms with Gasteiger partial charge in [0.2, 0.25) is 0 Å². The second-order valence-electron chi connectivity index (χ2n) is 3.04. The van der Waals surface area contributed by atoms with Crippen molar-refractivity contribution in [3.05, 3.63) is 0 Å². The Morgan fingerprint density at radius 1 is 1.21 bits per heavy atom. The van der Waals surface area contributed by atoms with Crippen molar-refractivity contribution in [2.45, 2.75) is 25.9 Å². The summed E-state index contributed by atoms with van der Waals surface area (Å²) < 4.78 is 12.0. The van der Waals surface area contributed by atoms with Crippen molar-refractivity contribution in [1.29, 1.82) is 0 Å². The lowest BCUT2D eigenvalue weighted by atomic mass is 10.3. The van der Waals surface area contributed by atoms with Crippen LogP contribution in [-0.4, -0.2) is 40.1 Å². The molecule has 0 aliphatic carbocycles. The summed E-state index contributed by atoms with van der Waals surface area (Å²) in [5, 5.41) is 17.3. The van der Waals surface area contributed by atoms with E-state index in [4.69, 9.17) is 10.2 Å². The normalized spacial score (nSPS) is 13.6. The van der Waals surface area contributed by atoms with E-state index in [1.807, 2.05) is 0 Å². The summed E-state index contributed by atoms with van der Waals surface area (Å²) in [6, 6.07) is 0. The zero-order chi connectivity index (χ0) is 11.4. The molecular weight excluding hydrogens is 207 g/mol. The van der Waals surface area contributed by atoms with Gasteiger partial charge in [0.1, 0.15) is 12.8 Å².